The minimum absolute atomic E-state index is 0.553. The summed E-state index contributed by atoms with van der Waals surface area (Å²) in [5.41, 5.74) is 5.66. The molecule has 1 nitrogen and oxygen atoms in total. The smallest absolute Gasteiger partial charge is 0.0107 e. The molecule has 0 saturated carbocycles. The van der Waals surface area contributed by atoms with Crippen LogP contribution in [-0.4, -0.2) is 12.6 Å². The third kappa shape index (κ3) is 3.59. The van der Waals surface area contributed by atoms with Crippen LogP contribution in [0.4, 0.5) is 0 Å². The molecule has 0 spiro atoms. The Kier molecular flexibility index (Phi) is 4.94. The van der Waals surface area contributed by atoms with Crippen LogP contribution >= 0.6 is 0 Å². The van der Waals surface area contributed by atoms with Gasteiger partial charge in [0.2, 0.25) is 0 Å². The highest BCUT2D eigenvalue weighted by Crippen LogP contribution is 2.30. The Morgan fingerprint density at radius 2 is 1.86 bits per heavy atom. The monoisotopic (exact) mass is 293 g/mol. The zero-order valence-electron chi connectivity index (χ0n) is 13.8. The van der Waals surface area contributed by atoms with Gasteiger partial charge in [-0.05, 0) is 54.0 Å². The van der Waals surface area contributed by atoms with Gasteiger partial charge in [-0.2, -0.15) is 0 Å². The lowest BCUT2D eigenvalue weighted by atomic mass is 9.89. The number of benzene rings is 2. The minimum Gasteiger partial charge on any atom is -0.314 e. The van der Waals surface area contributed by atoms with Gasteiger partial charge in [0.1, 0.15) is 0 Å². The Hall–Kier alpha value is -1.60. The lowest BCUT2D eigenvalue weighted by Crippen LogP contribution is -2.35. The van der Waals surface area contributed by atoms with Gasteiger partial charge in [0.05, 0.1) is 0 Å². The number of hydrogen-bond donors (Lipinski definition) is 1. The van der Waals surface area contributed by atoms with E-state index in [-0.39, 0.29) is 0 Å². The molecule has 2 aromatic rings. The number of rotatable bonds is 4. The molecule has 0 amide bonds. The summed E-state index contributed by atoms with van der Waals surface area (Å²) in [6.07, 6.45) is 5.16. The number of piperidine rings is 1. The molecule has 1 atom stereocenters. The fourth-order valence-corrected chi connectivity index (χ4v) is 3.48. The van der Waals surface area contributed by atoms with Crippen molar-refractivity contribution in [2.24, 2.45) is 0 Å². The van der Waals surface area contributed by atoms with Gasteiger partial charge in [0, 0.05) is 6.04 Å². The first kappa shape index (κ1) is 15.3. The summed E-state index contributed by atoms with van der Waals surface area (Å²) < 4.78 is 0. The third-order valence-corrected chi connectivity index (χ3v) is 4.72. The number of hydrogen-bond acceptors (Lipinski definition) is 1. The zero-order valence-corrected chi connectivity index (χ0v) is 13.8. The van der Waals surface area contributed by atoms with Crippen LogP contribution in [-0.2, 0) is 6.42 Å². The average molecular weight is 293 g/mol. The third-order valence-electron chi connectivity index (χ3n) is 4.72. The summed E-state index contributed by atoms with van der Waals surface area (Å²) >= 11 is 0. The summed E-state index contributed by atoms with van der Waals surface area (Å²) in [6, 6.07) is 18.6. The Bertz CT molecular complexity index is 595. The van der Waals surface area contributed by atoms with E-state index in [0.29, 0.717) is 12.0 Å². The van der Waals surface area contributed by atoms with Crippen LogP contribution in [0, 0.1) is 0 Å². The van der Waals surface area contributed by atoms with Gasteiger partial charge < -0.3 is 5.32 Å². The molecule has 116 valence electrons. The Morgan fingerprint density at radius 1 is 1.05 bits per heavy atom. The minimum atomic E-state index is 0.553. The maximum absolute atomic E-state index is 3.66. The second-order valence-corrected chi connectivity index (χ2v) is 6.79. The summed E-state index contributed by atoms with van der Waals surface area (Å²) in [5.74, 6) is 0.553. The molecule has 0 radical (unpaired) electrons. The maximum Gasteiger partial charge on any atom is 0.0107 e. The maximum atomic E-state index is 3.66. The van der Waals surface area contributed by atoms with Crippen molar-refractivity contribution in [1.29, 1.82) is 0 Å². The summed E-state index contributed by atoms with van der Waals surface area (Å²) in [6.45, 7) is 5.74. The lowest BCUT2D eigenvalue weighted by molar-refractivity contribution is 0.399. The molecule has 1 heterocycles. The predicted octanol–water partition coefficient (Wildman–Crippen LogP) is 5.16. The van der Waals surface area contributed by atoms with Crippen LogP contribution in [0.5, 0.6) is 0 Å². The second-order valence-electron chi connectivity index (χ2n) is 6.79. The zero-order chi connectivity index (χ0) is 15.4. The van der Waals surface area contributed by atoms with Crippen LogP contribution in [0.15, 0.2) is 48.5 Å². The SMILES string of the molecule is CC(C)c1ccc(CC2CCCCN2)cc1-c1ccccc1. The molecule has 1 aliphatic heterocycles. The van der Waals surface area contributed by atoms with Crippen molar-refractivity contribution >= 4 is 0 Å². The molecule has 1 unspecified atom stereocenters. The molecule has 3 rings (SSSR count). The predicted molar refractivity (Wildman–Crippen MR) is 95.3 cm³/mol. The molecule has 1 heteroatoms. The Morgan fingerprint density at radius 3 is 2.55 bits per heavy atom. The van der Waals surface area contributed by atoms with Crippen molar-refractivity contribution in [2.75, 3.05) is 6.54 Å². The van der Waals surface area contributed by atoms with E-state index in [9.17, 15) is 0 Å². The highest BCUT2D eigenvalue weighted by molar-refractivity contribution is 5.68. The summed E-state index contributed by atoms with van der Waals surface area (Å²) in [5, 5.41) is 3.66. The first-order chi connectivity index (χ1) is 10.7. The van der Waals surface area contributed by atoms with E-state index in [0.717, 1.165) is 6.42 Å². The van der Waals surface area contributed by atoms with Gasteiger partial charge in [0.25, 0.3) is 0 Å². The standard InChI is InChI=1S/C21H27N/c1-16(2)20-12-11-17(14-19-10-6-7-13-22-19)15-21(20)18-8-4-3-5-9-18/h3-5,8-9,11-12,15-16,19,22H,6-7,10,13-14H2,1-2H3. The first-order valence-electron chi connectivity index (χ1n) is 8.65. The molecule has 1 fully saturated rings. The Balaban J connectivity index is 1.90. The second kappa shape index (κ2) is 7.11. The van der Waals surface area contributed by atoms with E-state index >= 15 is 0 Å². The van der Waals surface area contributed by atoms with E-state index < -0.39 is 0 Å². The van der Waals surface area contributed by atoms with Crippen LogP contribution in [0.25, 0.3) is 11.1 Å². The first-order valence-corrected chi connectivity index (χ1v) is 8.65. The quantitative estimate of drug-likeness (QED) is 0.821. The van der Waals surface area contributed by atoms with Crippen molar-refractivity contribution in [3.8, 4) is 11.1 Å². The topological polar surface area (TPSA) is 12.0 Å². The highest BCUT2D eigenvalue weighted by atomic mass is 14.9. The highest BCUT2D eigenvalue weighted by Gasteiger charge is 2.15. The fraction of sp³-hybridized carbons (Fsp3) is 0.429. The molecule has 1 N–H and O–H groups in total. The fourth-order valence-electron chi connectivity index (χ4n) is 3.48. The van der Waals surface area contributed by atoms with Gasteiger partial charge in [-0.25, -0.2) is 0 Å². The van der Waals surface area contributed by atoms with Gasteiger partial charge in [-0.3, -0.25) is 0 Å². The van der Waals surface area contributed by atoms with Gasteiger partial charge in [-0.1, -0.05) is 68.8 Å². The number of nitrogens with one attached hydrogen (secondary N) is 1. The molecule has 22 heavy (non-hydrogen) atoms. The molecule has 0 aromatic heterocycles. The molecular formula is C21H27N. The molecular weight excluding hydrogens is 266 g/mol. The van der Waals surface area contributed by atoms with E-state index in [1.54, 1.807) is 0 Å². The van der Waals surface area contributed by atoms with Crippen molar-refractivity contribution in [3.05, 3.63) is 59.7 Å². The van der Waals surface area contributed by atoms with Gasteiger partial charge >= 0.3 is 0 Å². The van der Waals surface area contributed by atoms with Crippen molar-refractivity contribution in [2.45, 2.75) is 51.5 Å². The van der Waals surface area contributed by atoms with Gasteiger partial charge in [0.15, 0.2) is 0 Å². The molecule has 0 aliphatic carbocycles. The van der Waals surface area contributed by atoms with Gasteiger partial charge in [-0.15, -0.1) is 0 Å². The normalized spacial score (nSPS) is 18.6. The van der Waals surface area contributed by atoms with Crippen molar-refractivity contribution in [3.63, 3.8) is 0 Å². The lowest BCUT2D eigenvalue weighted by Gasteiger charge is -2.24. The molecule has 1 saturated heterocycles. The van der Waals surface area contributed by atoms with Crippen LogP contribution < -0.4 is 5.32 Å². The summed E-state index contributed by atoms with van der Waals surface area (Å²) in [4.78, 5) is 0. The van der Waals surface area contributed by atoms with Crippen molar-refractivity contribution in [1.82, 2.24) is 5.32 Å². The molecule has 0 bridgehead atoms. The van der Waals surface area contributed by atoms with Crippen LogP contribution in [0.2, 0.25) is 0 Å². The Labute approximate surface area is 134 Å². The molecule has 1 aliphatic rings. The summed E-state index contributed by atoms with van der Waals surface area (Å²) in [7, 11) is 0. The average Bonchev–Trinajstić information content (AvgIpc) is 2.56. The van der Waals surface area contributed by atoms with E-state index in [1.807, 2.05) is 0 Å². The van der Waals surface area contributed by atoms with Crippen LogP contribution in [0.3, 0.4) is 0 Å². The van der Waals surface area contributed by atoms with E-state index in [4.69, 9.17) is 0 Å². The largest absolute Gasteiger partial charge is 0.314 e. The molecule has 2 aromatic carbocycles. The van der Waals surface area contributed by atoms with Crippen LogP contribution in [0.1, 0.15) is 50.2 Å². The van der Waals surface area contributed by atoms with E-state index in [2.05, 4.69) is 67.7 Å². The van der Waals surface area contributed by atoms with Crippen molar-refractivity contribution < 1.29 is 0 Å². The van der Waals surface area contributed by atoms with E-state index in [1.165, 1.54) is 48.1 Å².